The van der Waals surface area contributed by atoms with Gasteiger partial charge in [0.1, 0.15) is 17.3 Å². The van der Waals surface area contributed by atoms with Crippen LogP contribution in [0.1, 0.15) is 17.2 Å². The van der Waals surface area contributed by atoms with E-state index in [1.807, 2.05) is 0 Å². The molecule has 1 unspecified atom stereocenters. The first-order valence-electron chi connectivity index (χ1n) is 9.81. The van der Waals surface area contributed by atoms with Gasteiger partial charge in [0, 0.05) is 17.7 Å². The van der Waals surface area contributed by atoms with Crippen molar-refractivity contribution < 1.29 is 29.5 Å². The van der Waals surface area contributed by atoms with Crippen molar-refractivity contribution in [2.45, 2.75) is 6.04 Å². The number of hydrogen-bond acceptors (Lipinski definition) is 7. The predicted molar refractivity (Wildman–Crippen MR) is 119 cm³/mol. The number of aliphatic hydroxyl groups is 1. The third kappa shape index (κ3) is 3.76. The van der Waals surface area contributed by atoms with Crippen LogP contribution in [-0.2, 0) is 9.59 Å². The van der Waals surface area contributed by atoms with Gasteiger partial charge in [-0.1, -0.05) is 36.4 Å². The molecule has 1 heterocycles. The number of carbonyl (C=O) groups is 2. The van der Waals surface area contributed by atoms with Crippen LogP contribution < -0.4 is 9.64 Å². The number of aliphatic hydroxyl groups excluding tert-OH is 1. The minimum absolute atomic E-state index is 0.0120. The van der Waals surface area contributed by atoms with Crippen LogP contribution in [0.2, 0.25) is 0 Å². The fourth-order valence-electron chi connectivity index (χ4n) is 3.77. The van der Waals surface area contributed by atoms with Crippen LogP contribution in [0.25, 0.3) is 5.76 Å². The number of hydrogen-bond donors (Lipinski definition) is 2. The van der Waals surface area contributed by atoms with Crippen molar-refractivity contribution in [3.63, 3.8) is 0 Å². The molecule has 166 valence electrons. The highest BCUT2D eigenvalue weighted by atomic mass is 16.6. The highest BCUT2D eigenvalue weighted by Gasteiger charge is 2.47. The van der Waals surface area contributed by atoms with Crippen molar-refractivity contribution in [2.24, 2.45) is 0 Å². The van der Waals surface area contributed by atoms with Crippen molar-refractivity contribution in [3.8, 4) is 11.5 Å². The number of rotatable bonds is 5. The maximum absolute atomic E-state index is 13.1. The number of nitro benzene ring substituents is 1. The number of nitrogens with zero attached hydrogens (tertiary/aromatic N) is 2. The molecule has 3 aromatic rings. The van der Waals surface area contributed by atoms with E-state index in [2.05, 4.69) is 0 Å². The largest absolute Gasteiger partial charge is 0.507 e. The number of phenols is 1. The molecule has 0 radical (unpaired) electrons. The lowest BCUT2D eigenvalue weighted by Gasteiger charge is -2.26. The number of para-hydroxylation sites is 2. The van der Waals surface area contributed by atoms with E-state index in [-0.39, 0.29) is 28.3 Å². The Balaban J connectivity index is 1.96. The molecule has 9 nitrogen and oxygen atoms in total. The van der Waals surface area contributed by atoms with E-state index in [1.165, 1.54) is 37.4 Å². The summed E-state index contributed by atoms with van der Waals surface area (Å²) >= 11 is 0. The van der Waals surface area contributed by atoms with Crippen LogP contribution in [0.15, 0.2) is 78.4 Å². The van der Waals surface area contributed by atoms with Crippen molar-refractivity contribution in [3.05, 3.63) is 99.6 Å². The topological polar surface area (TPSA) is 130 Å². The van der Waals surface area contributed by atoms with Gasteiger partial charge in [0.25, 0.3) is 17.4 Å². The molecule has 0 aromatic heterocycles. The third-order valence-electron chi connectivity index (χ3n) is 5.35. The first-order valence-corrected chi connectivity index (χ1v) is 9.81. The molecular weight excluding hydrogens is 428 g/mol. The molecule has 1 aliphatic rings. The molecule has 33 heavy (non-hydrogen) atoms. The summed E-state index contributed by atoms with van der Waals surface area (Å²) in [6.07, 6.45) is 0. The molecule has 0 bridgehead atoms. The summed E-state index contributed by atoms with van der Waals surface area (Å²) in [6, 6.07) is 16.6. The van der Waals surface area contributed by atoms with Crippen molar-refractivity contribution in [2.75, 3.05) is 12.0 Å². The van der Waals surface area contributed by atoms with Crippen LogP contribution in [0.4, 0.5) is 11.4 Å². The number of amides is 1. The zero-order valence-electron chi connectivity index (χ0n) is 17.3. The molecule has 0 aliphatic carbocycles. The Morgan fingerprint density at radius 1 is 1.03 bits per heavy atom. The summed E-state index contributed by atoms with van der Waals surface area (Å²) in [5, 5.41) is 32.6. The number of phenolic OH excluding ortho intramolecular Hbond substituents is 1. The Labute approximate surface area is 187 Å². The summed E-state index contributed by atoms with van der Waals surface area (Å²) < 4.78 is 5.17. The Kier molecular flexibility index (Phi) is 5.53. The Morgan fingerprint density at radius 2 is 1.73 bits per heavy atom. The molecule has 1 aliphatic heterocycles. The van der Waals surface area contributed by atoms with E-state index < -0.39 is 28.4 Å². The fourth-order valence-corrected chi connectivity index (χ4v) is 3.77. The molecule has 1 saturated heterocycles. The lowest BCUT2D eigenvalue weighted by molar-refractivity contribution is -0.384. The number of benzene rings is 3. The van der Waals surface area contributed by atoms with Crippen molar-refractivity contribution in [1.29, 1.82) is 0 Å². The second-order valence-corrected chi connectivity index (χ2v) is 7.24. The zero-order chi connectivity index (χ0) is 23.7. The van der Waals surface area contributed by atoms with Gasteiger partial charge in [-0.05, 0) is 29.8 Å². The van der Waals surface area contributed by atoms with Crippen LogP contribution in [0, 0.1) is 10.1 Å². The summed E-state index contributed by atoms with van der Waals surface area (Å²) in [6.45, 7) is 0. The van der Waals surface area contributed by atoms with Crippen molar-refractivity contribution >= 4 is 28.8 Å². The minimum atomic E-state index is -1.09. The van der Waals surface area contributed by atoms with Gasteiger partial charge in [-0.2, -0.15) is 0 Å². The number of non-ortho nitro benzene ring substituents is 1. The van der Waals surface area contributed by atoms with Gasteiger partial charge in [0.05, 0.1) is 29.3 Å². The monoisotopic (exact) mass is 446 g/mol. The number of Topliss-reactive ketones (excluding diaryl/α,β-unsaturated/α-hetero) is 1. The SMILES string of the molecule is COc1ccc(C2/C(=C(/O)c3cccc([N+](=O)[O-])c3)C(=O)C(=O)N2c2ccccc2O)cc1. The molecule has 9 heteroatoms. The molecule has 1 fully saturated rings. The van der Waals surface area contributed by atoms with E-state index in [9.17, 15) is 29.9 Å². The maximum Gasteiger partial charge on any atom is 0.300 e. The molecule has 2 N–H and O–H groups in total. The van der Waals surface area contributed by atoms with E-state index in [0.717, 1.165) is 11.0 Å². The van der Waals surface area contributed by atoms with E-state index in [0.29, 0.717) is 11.3 Å². The van der Waals surface area contributed by atoms with E-state index in [4.69, 9.17) is 4.74 Å². The highest BCUT2D eigenvalue weighted by Crippen LogP contribution is 2.44. The summed E-state index contributed by atoms with van der Waals surface area (Å²) in [5.74, 6) is -2.19. The first kappa shape index (κ1) is 21.6. The van der Waals surface area contributed by atoms with Gasteiger partial charge < -0.3 is 14.9 Å². The van der Waals surface area contributed by atoms with Crippen LogP contribution in [0.3, 0.4) is 0 Å². The van der Waals surface area contributed by atoms with Crippen LogP contribution >= 0.6 is 0 Å². The average molecular weight is 446 g/mol. The lowest BCUT2D eigenvalue weighted by Crippen LogP contribution is -2.29. The lowest BCUT2D eigenvalue weighted by atomic mass is 9.95. The van der Waals surface area contributed by atoms with Gasteiger partial charge in [-0.3, -0.25) is 24.6 Å². The molecule has 4 rings (SSSR count). The van der Waals surface area contributed by atoms with Crippen molar-refractivity contribution in [1.82, 2.24) is 0 Å². The van der Waals surface area contributed by atoms with Gasteiger partial charge in [0.15, 0.2) is 0 Å². The normalized spacial score (nSPS) is 17.2. The molecule has 1 atom stereocenters. The molecule has 3 aromatic carbocycles. The summed E-state index contributed by atoms with van der Waals surface area (Å²) in [4.78, 5) is 37.8. The van der Waals surface area contributed by atoms with Gasteiger partial charge in [-0.25, -0.2) is 0 Å². The smallest absolute Gasteiger partial charge is 0.300 e. The fraction of sp³-hybridized carbons (Fsp3) is 0.0833. The standard InChI is InChI=1S/C24H18N2O7/c1-33-17-11-9-14(10-12-17)21-20(22(28)15-5-4-6-16(13-15)26(31)32)23(29)24(30)25(21)18-7-2-3-8-19(18)27/h2-13,21,27-28H,1H3/b22-20-. The number of ketones is 1. The molecular formula is C24H18N2O7. The maximum atomic E-state index is 13.1. The zero-order valence-corrected chi connectivity index (χ0v) is 17.3. The molecule has 0 saturated carbocycles. The van der Waals surface area contributed by atoms with Gasteiger partial charge in [0.2, 0.25) is 0 Å². The number of ether oxygens (including phenoxy) is 1. The van der Waals surface area contributed by atoms with E-state index >= 15 is 0 Å². The Bertz CT molecular complexity index is 1300. The Morgan fingerprint density at radius 3 is 2.36 bits per heavy atom. The second kappa shape index (κ2) is 8.46. The molecule has 0 spiro atoms. The van der Waals surface area contributed by atoms with Gasteiger partial charge >= 0.3 is 0 Å². The number of nitro groups is 1. The minimum Gasteiger partial charge on any atom is -0.507 e. The predicted octanol–water partition coefficient (Wildman–Crippen LogP) is 3.94. The third-order valence-corrected chi connectivity index (χ3v) is 5.35. The number of carbonyl (C=O) groups excluding carboxylic acids is 2. The second-order valence-electron chi connectivity index (χ2n) is 7.24. The van der Waals surface area contributed by atoms with Gasteiger partial charge in [-0.15, -0.1) is 0 Å². The van der Waals surface area contributed by atoms with E-state index in [1.54, 1.807) is 36.4 Å². The number of aromatic hydroxyl groups is 1. The highest BCUT2D eigenvalue weighted by molar-refractivity contribution is 6.51. The number of anilines is 1. The van der Waals surface area contributed by atoms with Crippen LogP contribution in [0.5, 0.6) is 11.5 Å². The summed E-state index contributed by atoms with van der Waals surface area (Å²) in [5.41, 5.74) is 0.0191. The quantitative estimate of drug-likeness (QED) is 0.200. The van der Waals surface area contributed by atoms with Crippen LogP contribution in [-0.4, -0.2) is 33.9 Å². The Hall–Kier alpha value is -4.66. The number of methoxy groups -OCH3 is 1. The first-order chi connectivity index (χ1) is 15.8. The summed E-state index contributed by atoms with van der Waals surface area (Å²) in [7, 11) is 1.49. The molecule has 1 amide bonds. The average Bonchev–Trinajstić information content (AvgIpc) is 3.09.